The van der Waals surface area contributed by atoms with E-state index in [4.69, 9.17) is 11.6 Å². The van der Waals surface area contributed by atoms with E-state index < -0.39 is 0 Å². The van der Waals surface area contributed by atoms with Crippen LogP contribution in [0.4, 0.5) is 5.95 Å². The highest BCUT2D eigenvalue weighted by Gasteiger charge is 2.11. The predicted octanol–water partition coefficient (Wildman–Crippen LogP) is 1.64. The summed E-state index contributed by atoms with van der Waals surface area (Å²) in [6.07, 6.45) is 1.43. The van der Waals surface area contributed by atoms with Gasteiger partial charge in [-0.1, -0.05) is 0 Å². The first-order valence-electron chi connectivity index (χ1n) is 5.42. The average molecular weight is 286 g/mol. The van der Waals surface area contributed by atoms with E-state index in [1.165, 1.54) is 18.1 Å². The third-order valence-electron chi connectivity index (χ3n) is 2.20. The zero-order valence-corrected chi connectivity index (χ0v) is 11.5. The summed E-state index contributed by atoms with van der Waals surface area (Å²) in [4.78, 5) is 18.5. The number of aromatic nitrogens is 6. The molecule has 0 aliphatic rings. The second-order valence-corrected chi connectivity index (χ2v) is 4.55. The third-order valence-corrected chi connectivity index (χ3v) is 3.13. The highest BCUT2D eigenvalue weighted by Crippen LogP contribution is 2.22. The molecule has 0 unspecified atom stereocenters. The van der Waals surface area contributed by atoms with Crippen molar-refractivity contribution in [1.29, 1.82) is 0 Å². The summed E-state index contributed by atoms with van der Waals surface area (Å²) in [5, 5.41) is 7.77. The molecule has 0 bridgehead atoms. The number of hydrogen-bond donors (Lipinski definition) is 1. The number of rotatable bonds is 5. The van der Waals surface area contributed by atoms with Gasteiger partial charge in [0.05, 0.1) is 0 Å². The number of nitrogens with one attached hydrogen (secondary N) is 1. The van der Waals surface area contributed by atoms with E-state index in [-0.39, 0.29) is 5.28 Å². The predicted molar refractivity (Wildman–Crippen MR) is 68.9 cm³/mol. The molecule has 0 saturated heterocycles. The molecule has 0 aliphatic carbocycles. The Morgan fingerprint density at radius 3 is 2.67 bits per heavy atom. The molecule has 2 aromatic heterocycles. The SMILES string of the molecule is CCN(CC)c1nc(Cl)nc(Sc2ncn[nH]2)n1. The van der Waals surface area contributed by atoms with E-state index >= 15 is 0 Å². The van der Waals surface area contributed by atoms with Crippen LogP contribution < -0.4 is 4.90 Å². The van der Waals surface area contributed by atoms with E-state index in [0.717, 1.165) is 13.1 Å². The minimum atomic E-state index is 0.175. The molecule has 2 heterocycles. The minimum absolute atomic E-state index is 0.175. The van der Waals surface area contributed by atoms with Gasteiger partial charge in [0.1, 0.15) is 6.33 Å². The maximum atomic E-state index is 5.90. The van der Waals surface area contributed by atoms with E-state index in [0.29, 0.717) is 16.3 Å². The van der Waals surface area contributed by atoms with Crippen molar-refractivity contribution in [1.82, 2.24) is 30.1 Å². The van der Waals surface area contributed by atoms with Gasteiger partial charge < -0.3 is 4.90 Å². The van der Waals surface area contributed by atoms with E-state index in [1.54, 1.807) is 0 Å². The highest BCUT2D eigenvalue weighted by atomic mass is 35.5. The summed E-state index contributed by atoms with van der Waals surface area (Å²) in [6, 6.07) is 0. The zero-order valence-electron chi connectivity index (χ0n) is 9.96. The molecule has 9 heteroatoms. The van der Waals surface area contributed by atoms with Crippen LogP contribution in [0.3, 0.4) is 0 Å². The summed E-state index contributed by atoms with van der Waals surface area (Å²) >= 11 is 7.16. The van der Waals surface area contributed by atoms with Crippen molar-refractivity contribution in [2.24, 2.45) is 0 Å². The van der Waals surface area contributed by atoms with Crippen molar-refractivity contribution >= 4 is 29.3 Å². The van der Waals surface area contributed by atoms with Crippen LogP contribution in [0.15, 0.2) is 16.6 Å². The Balaban J connectivity index is 2.26. The number of anilines is 1. The third kappa shape index (κ3) is 3.08. The van der Waals surface area contributed by atoms with Crippen LogP contribution in [0, 0.1) is 0 Å². The van der Waals surface area contributed by atoms with Gasteiger partial charge in [-0.25, -0.2) is 4.98 Å². The lowest BCUT2D eigenvalue weighted by Crippen LogP contribution is -2.24. The van der Waals surface area contributed by atoms with Gasteiger partial charge >= 0.3 is 0 Å². The minimum Gasteiger partial charge on any atom is -0.341 e. The smallest absolute Gasteiger partial charge is 0.230 e. The molecule has 0 spiro atoms. The molecule has 0 radical (unpaired) electrons. The second kappa shape index (κ2) is 5.96. The van der Waals surface area contributed by atoms with Crippen LogP contribution in [0.5, 0.6) is 0 Å². The molecule has 0 fully saturated rings. The Bertz CT molecular complexity index is 500. The van der Waals surface area contributed by atoms with Gasteiger partial charge in [-0.05, 0) is 37.2 Å². The summed E-state index contributed by atoms with van der Waals surface area (Å²) < 4.78 is 0. The topological polar surface area (TPSA) is 83.5 Å². The van der Waals surface area contributed by atoms with Crippen LogP contribution in [0.2, 0.25) is 5.28 Å². The number of aromatic amines is 1. The van der Waals surface area contributed by atoms with Crippen molar-refractivity contribution in [2.75, 3.05) is 18.0 Å². The van der Waals surface area contributed by atoms with Crippen molar-refractivity contribution < 1.29 is 0 Å². The van der Waals surface area contributed by atoms with Crippen LogP contribution in [0.1, 0.15) is 13.8 Å². The normalized spacial score (nSPS) is 10.6. The first kappa shape index (κ1) is 13.0. The Kier molecular flexibility index (Phi) is 4.32. The van der Waals surface area contributed by atoms with Crippen molar-refractivity contribution in [3.05, 3.63) is 11.6 Å². The summed E-state index contributed by atoms with van der Waals surface area (Å²) in [5.74, 6) is 0.571. The molecular formula is C9H12ClN7S. The maximum absolute atomic E-state index is 5.90. The molecule has 18 heavy (non-hydrogen) atoms. The monoisotopic (exact) mass is 285 g/mol. The second-order valence-electron chi connectivity index (χ2n) is 3.25. The highest BCUT2D eigenvalue weighted by molar-refractivity contribution is 7.99. The van der Waals surface area contributed by atoms with Gasteiger partial charge in [-0.3, -0.25) is 5.10 Å². The maximum Gasteiger partial charge on any atom is 0.230 e. The van der Waals surface area contributed by atoms with Gasteiger partial charge in [0.2, 0.25) is 16.4 Å². The fourth-order valence-electron chi connectivity index (χ4n) is 1.35. The average Bonchev–Trinajstić information content (AvgIpc) is 2.83. The number of halogens is 1. The molecule has 0 atom stereocenters. The largest absolute Gasteiger partial charge is 0.341 e. The van der Waals surface area contributed by atoms with Gasteiger partial charge in [0.15, 0.2) is 5.16 Å². The Hall–Kier alpha value is -1.41. The first-order chi connectivity index (χ1) is 8.72. The molecule has 1 N–H and O–H groups in total. The molecule has 0 aliphatic heterocycles. The first-order valence-corrected chi connectivity index (χ1v) is 6.62. The molecule has 2 aromatic rings. The lowest BCUT2D eigenvalue weighted by Gasteiger charge is -2.18. The van der Waals surface area contributed by atoms with Crippen molar-refractivity contribution in [3.8, 4) is 0 Å². The molecule has 7 nitrogen and oxygen atoms in total. The molecule has 2 rings (SSSR count). The Morgan fingerprint density at radius 2 is 2.06 bits per heavy atom. The molecule has 96 valence electrons. The molecule has 0 saturated carbocycles. The lowest BCUT2D eigenvalue weighted by atomic mass is 10.5. The Morgan fingerprint density at radius 1 is 1.28 bits per heavy atom. The van der Waals surface area contributed by atoms with Crippen LogP contribution in [-0.4, -0.2) is 43.2 Å². The number of hydrogen-bond acceptors (Lipinski definition) is 7. The van der Waals surface area contributed by atoms with Gasteiger partial charge in [-0.2, -0.15) is 20.1 Å². The summed E-state index contributed by atoms with van der Waals surface area (Å²) in [5.41, 5.74) is 0. The van der Waals surface area contributed by atoms with E-state index in [9.17, 15) is 0 Å². The fraction of sp³-hybridized carbons (Fsp3) is 0.444. The van der Waals surface area contributed by atoms with Crippen molar-refractivity contribution in [3.63, 3.8) is 0 Å². The van der Waals surface area contributed by atoms with E-state index in [2.05, 4.69) is 30.1 Å². The summed E-state index contributed by atoms with van der Waals surface area (Å²) in [7, 11) is 0. The fourth-order valence-corrected chi connectivity index (χ4v) is 2.18. The van der Waals surface area contributed by atoms with Crippen LogP contribution in [0.25, 0.3) is 0 Å². The number of nitrogens with zero attached hydrogens (tertiary/aromatic N) is 6. The standard InChI is InChI=1S/C9H12ClN7S/c1-3-17(4-2)7-13-6(10)14-9(15-7)18-8-11-5-12-16-8/h5H,3-4H2,1-2H3,(H,11,12,16). The lowest BCUT2D eigenvalue weighted by molar-refractivity contribution is 0.780. The van der Waals surface area contributed by atoms with Crippen LogP contribution in [-0.2, 0) is 0 Å². The Labute approximate surface area is 113 Å². The summed E-state index contributed by atoms with van der Waals surface area (Å²) in [6.45, 7) is 5.68. The zero-order chi connectivity index (χ0) is 13.0. The molecular weight excluding hydrogens is 274 g/mol. The van der Waals surface area contributed by atoms with Gasteiger partial charge in [0.25, 0.3) is 0 Å². The number of H-pyrrole nitrogens is 1. The van der Waals surface area contributed by atoms with Gasteiger partial charge in [0, 0.05) is 13.1 Å². The van der Waals surface area contributed by atoms with E-state index in [1.807, 2.05) is 18.7 Å². The van der Waals surface area contributed by atoms with Crippen molar-refractivity contribution in [2.45, 2.75) is 24.2 Å². The molecule has 0 amide bonds. The molecule has 0 aromatic carbocycles. The quantitative estimate of drug-likeness (QED) is 0.894. The van der Waals surface area contributed by atoms with Gasteiger partial charge in [-0.15, -0.1) is 0 Å². The van der Waals surface area contributed by atoms with Crippen LogP contribution >= 0.6 is 23.4 Å².